The Labute approximate surface area is 123 Å². The zero-order valence-corrected chi connectivity index (χ0v) is 11.5. The maximum absolute atomic E-state index is 8.77. The van der Waals surface area contributed by atoms with Crippen molar-refractivity contribution in [1.82, 2.24) is 9.97 Å². The summed E-state index contributed by atoms with van der Waals surface area (Å²) in [6, 6.07) is 14.5. The van der Waals surface area contributed by atoms with Gasteiger partial charge in [-0.3, -0.25) is 0 Å². The molecule has 2 aromatic carbocycles. The molecule has 0 saturated carbocycles. The normalized spacial score (nSPS) is 10.2. The molecule has 0 aliphatic rings. The van der Waals surface area contributed by atoms with E-state index in [0.29, 0.717) is 11.4 Å². The first-order chi connectivity index (χ1) is 10.3. The van der Waals surface area contributed by atoms with E-state index in [-0.39, 0.29) is 0 Å². The van der Waals surface area contributed by atoms with Crippen molar-refractivity contribution in [2.24, 2.45) is 0 Å². The quantitative estimate of drug-likeness (QED) is 0.679. The van der Waals surface area contributed by atoms with Crippen molar-refractivity contribution < 1.29 is 0 Å². The van der Waals surface area contributed by atoms with Crippen LogP contribution in [-0.4, -0.2) is 9.97 Å². The second-order valence-corrected chi connectivity index (χ2v) is 4.80. The van der Waals surface area contributed by atoms with E-state index in [1.54, 1.807) is 12.4 Å². The van der Waals surface area contributed by atoms with Gasteiger partial charge in [-0.05, 0) is 28.8 Å². The Balaban J connectivity index is 2.02. The smallest absolute Gasteiger partial charge is 0.159 e. The molecule has 0 N–H and O–H groups in total. The molecule has 0 saturated heterocycles. The maximum atomic E-state index is 8.77. The number of allylic oxidation sites excluding steroid dienone is 1. The Kier molecular flexibility index (Phi) is 3.44. The average molecular weight is 271 g/mol. The molecular formula is C18H13N3. The highest BCUT2D eigenvalue weighted by molar-refractivity contribution is 5.87. The third kappa shape index (κ3) is 2.65. The molecule has 1 heterocycles. The van der Waals surface area contributed by atoms with Gasteiger partial charge in [-0.15, -0.1) is 6.58 Å². The Morgan fingerprint density at radius 1 is 1.05 bits per heavy atom. The molecule has 3 nitrogen and oxygen atoms in total. The number of aromatic nitrogens is 2. The second-order valence-electron chi connectivity index (χ2n) is 4.80. The lowest BCUT2D eigenvalue weighted by Gasteiger charge is -2.04. The van der Waals surface area contributed by atoms with Crippen molar-refractivity contribution >= 4 is 10.8 Å². The topological polar surface area (TPSA) is 49.6 Å². The third-order valence-electron chi connectivity index (χ3n) is 3.32. The van der Waals surface area contributed by atoms with Crippen LogP contribution < -0.4 is 0 Å². The fraction of sp³-hybridized carbons (Fsp3) is 0.0556. The monoisotopic (exact) mass is 271 g/mol. The number of nitriles is 1. The zero-order valence-electron chi connectivity index (χ0n) is 11.5. The van der Waals surface area contributed by atoms with E-state index in [1.807, 2.05) is 18.2 Å². The standard InChI is InChI=1S/C18H13N3/c1-2-3-13-4-5-16-9-17(7-6-15(16)8-13)18-20-11-14(10-19)12-21-18/h2,4-9,11-12H,1,3H2. The fourth-order valence-electron chi connectivity index (χ4n) is 2.26. The highest BCUT2D eigenvalue weighted by atomic mass is 14.9. The van der Waals surface area contributed by atoms with Crippen molar-refractivity contribution in [2.45, 2.75) is 6.42 Å². The number of benzene rings is 2. The first kappa shape index (κ1) is 13.0. The highest BCUT2D eigenvalue weighted by Crippen LogP contribution is 2.23. The molecule has 0 aliphatic carbocycles. The molecule has 21 heavy (non-hydrogen) atoms. The van der Waals surface area contributed by atoms with Crippen LogP contribution in [0.25, 0.3) is 22.2 Å². The van der Waals surface area contributed by atoms with Gasteiger partial charge in [-0.2, -0.15) is 5.26 Å². The van der Waals surface area contributed by atoms with Gasteiger partial charge in [0.05, 0.1) is 5.56 Å². The Hall–Kier alpha value is -2.99. The molecule has 3 heteroatoms. The summed E-state index contributed by atoms with van der Waals surface area (Å²) in [6.07, 6.45) is 5.86. The molecule has 1 aromatic heterocycles. The summed E-state index contributed by atoms with van der Waals surface area (Å²) in [5.41, 5.74) is 2.66. The predicted molar refractivity (Wildman–Crippen MR) is 83.6 cm³/mol. The van der Waals surface area contributed by atoms with Crippen molar-refractivity contribution in [2.75, 3.05) is 0 Å². The van der Waals surface area contributed by atoms with Crippen molar-refractivity contribution in [3.63, 3.8) is 0 Å². The van der Waals surface area contributed by atoms with E-state index in [0.717, 1.165) is 17.4 Å². The summed E-state index contributed by atoms with van der Waals surface area (Å²) in [7, 11) is 0. The van der Waals surface area contributed by atoms with Crippen LogP contribution in [0.1, 0.15) is 11.1 Å². The minimum absolute atomic E-state index is 0.466. The van der Waals surface area contributed by atoms with E-state index in [4.69, 9.17) is 5.26 Å². The van der Waals surface area contributed by atoms with E-state index >= 15 is 0 Å². The van der Waals surface area contributed by atoms with Gasteiger partial charge in [0.2, 0.25) is 0 Å². The van der Waals surface area contributed by atoms with Gasteiger partial charge in [-0.1, -0.05) is 36.4 Å². The van der Waals surface area contributed by atoms with Crippen LogP contribution in [0.2, 0.25) is 0 Å². The lowest BCUT2D eigenvalue weighted by Crippen LogP contribution is -1.90. The van der Waals surface area contributed by atoms with Gasteiger partial charge < -0.3 is 0 Å². The average Bonchev–Trinajstić information content (AvgIpc) is 2.55. The van der Waals surface area contributed by atoms with Crippen LogP contribution in [0, 0.1) is 11.3 Å². The van der Waals surface area contributed by atoms with Crippen LogP contribution >= 0.6 is 0 Å². The molecule has 0 unspecified atom stereocenters. The number of rotatable bonds is 3. The van der Waals surface area contributed by atoms with Gasteiger partial charge >= 0.3 is 0 Å². The van der Waals surface area contributed by atoms with Gasteiger partial charge in [0.15, 0.2) is 5.82 Å². The first-order valence-corrected chi connectivity index (χ1v) is 6.66. The molecule has 0 amide bonds. The molecule has 0 spiro atoms. The first-order valence-electron chi connectivity index (χ1n) is 6.66. The number of hydrogen-bond acceptors (Lipinski definition) is 3. The minimum Gasteiger partial charge on any atom is -0.235 e. The summed E-state index contributed by atoms with van der Waals surface area (Å²) in [6.45, 7) is 3.76. The largest absolute Gasteiger partial charge is 0.235 e. The molecule has 0 fully saturated rings. The van der Waals surface area contributed by atoms with Gasteiger partial charge in [0.25, 0.3) is 0 Å². The second kappa shape index (κ2) is 5.56. The molecule has 0 aliphatic heterocycles. The van der Waals surface area contributed by atoms with Gasteiger partial charge in [-0.25, -0.2) is 9.97 Å². The van der Waals surface area contributed by atoms with Crippen molar-refractivity contribution in [3.8, 4) is 17.5 Å². The van der Waals surface area contributed by atoms with Crippen LogP contribution in [0.15, 0.2) is 61.4 Å². The molecular weight excluding hydrogens is 258 g/mol. The Bertz CT molecular complexity index is 842. The van der Waals surface area contributed by atoms with Gasteiger partial charge in [0, 0.05) is 18.0 Å². The fourth-order valence-corrected chi connectivity index (χ4v) is 2.26. The van der Waals surface area contributed by atoms with Crippen LogP contribution in [0.3, 0.4) is 0 Å². The van der Waals surface area contributed by atoms with Gasteiger partial charge in [0.1, 0.15) is 6.07 Å². The third-order valence-corrected chi connectivity index (χ3v) is 3.32. The highest BCUT2D eigenvalue weighted by Gasteiger charge is 2.03. The van der Waals surface area contributed by atoms with Crippen LogP contribution in [0.4, 0.5) is 0 Å². The predicted octanol–water partition coefficient (Wildman–Crippen LogP) is 3.90. The molecule has 3 rings (SSSR count). The van der Waals surface area contributed by atoms with Crippen molar-refractivity contribution in [1.29, 1.82) is 5.26 Å². The summed E-state index contributed by atoms with van der Waals surface area (Å²) in [5.74, 6) is 0.631. The molecule has 0 bridgehead atoms. The van der Waals surface area contributed by atoms with E-state index in [9.17, 15) is 0 Å². The SMILES string of the molecule is C=CCc1ccc2cc(-c3ncc(C#N)cn3)ccc2c1. The summed E-state index contributed by atoms with van der Waals surface area (Å²) in [5, 5.41) is 11.1. The lowest BCUT2D eigenvalue weighted by molar-refractivity contribution is 1.16. The van der Waals surface area contributed by atoms with E-state index < -0.39 is 0 Å². The summed E-state index contributed by atoms with van der Waals surface area (Å²) >= 11 is 0. The van der Waals surface area contributed by atoms with Crippen molar-refractivity contribution in [3.05, 3.63) is 72.6 Å². The van der Waals surface area contributed by atoms with E-state index in [2.05, 4.69) is 46.9 Å². The molecule has 100 valence electrons. The number of hydrogen-bond donors (Lipinski definition) is 0. The Morgan fingerprint density at radius 3 is 2.48 bits per heavy atom. The minimum atomic E-state index is 0.466. The maximum Gasteiger partial charge on any atom is 0.159 e. The molecule has 0 atom stereocenters. The summed E-state index contributed by atoms with van der Waals surface area (Å²) in [4.78, 5) is 8.45. The van der Waals surface area contributed by atoms with Crippen LogP contribution in [-0.2, 0) is 6.42 Å². The lowest BCUT2D eigenvalue weighted by atomic mass is 10.0. The zero-order chi connectivity index (χ0) is 14.7. The molecule has 3 aromatic rings. The van der Waals surface area contributed by atoms with Crippen LogP contribution in [0.5, 0.6) is 0 Å². The number of fused-ring (bicyclic) bond motifs is 1. The van der Waals surface area contributed by atoms with E-state index in [1.165, 1.54) is 10.9 Å². The Morgan fingerprint density at radius 2 is 1.76 bits per heavy atom. The molecule has 0 radical (unpaired) electrons. The number of nitrogens with zero attached hydrogens (tertiary/aromatic N) is 3. The summed E-state index contributed by atoms with van der Waals surface area (Å²) < 4.78 is 0.